The molecule has 0 radical (unpaired) electrons. The summed E-state index contributed by atoms with van der Waals surface area (Å²) in [4.78, 5) is 0. The standard InChI is InChI=1S/C17H18/c1-12(2)9-13-7-8-15-11-14-5-3-4-6-16(14)17(15)10-13/h3-8,10,12H,9,11H2,1-2H3. The molecule has 0 atom stereocenters. The third-order valence-electron chi connectivity index (χ3n) is 3.51. The maximum atomic E-state index is 2.39. The number of benzene rings is 2. The van der Waals surface area contributed by atoms with E-state index < -0.39 is 0 Å². The molecular weight excluding hydrogens is 204 g/mol. The molecule has 17 heavy (non-hydrogen) atoms. The Morgan fingerprint density at radius 1 is 0.941 bits per heavy atom. The van der Waals surface area contributed by atoms with Crippen LogP contribution >= 0.6 is 0 Å². The molecule has 0 N–H and O–H groups in total. The highest BCUT2D eigenvalue weighted by Crippen LogP contribution is 2.37. The zero-order valence-corrected chi connectivity index (χ0v) is 10.5. The van der Waals surface area contributed by atoms with Crippen LogP contribution in [0.5, 0.6) is 0 Å². The molecule has 1 aliphatic rings. The van der Waals surface area contributed by atoms with Gasteiger partial charge in [-0.15, -0.1) is 0 Å². The summed E-state index contributed by atoms with van der Waals surface area (Å²) < 4.78 is 0. The van der Waals surface area contributed by atoms with Gasteiger partial charge in [0.2, 0.25) is 0 Å². The van der Waals surface area contributed by atoms with Crippen molar-refractivity contribution < 1.29 is 0 Å². The van der Waals surface area contributed by atoms with Crippen molar-refractivity contribution in [2.75, 3.05) is 0 Å². The molecule has 86 valence electrons. The number of fused-ring (bicyclic) bond motifs is 3. The Balaban J connectivity index is 2.05. The molecule has 2 aromatic carbocycles. The molecule has 0 amide bonds. The minimum absolute atomic E-state index is 0.727. The maximum Gasteiger partial charge on any atom is -0.00135 e. The van der Waals surface area contributed by atoms with Crippen molar-refractivity contribution in [3.63, 3.8) is 0 Å². The summed E-state index contributed by atoms with van der Waals surface area (Å²) in [6.07, 6.45) is 2.28. The van der Waals surface area contributed by atoms with Crippen molar-refractivity contribution in [1.29, 1.82) is 0 Å². The van der Waals surface area contributed by atoms with E-state index in [1.807, 2.05) is 0 Å². The van der Waals surface area contributed by atoms with Crippen molar-refractivity contribution in [3.05, 3.63) is 59.2 Å². The molecule has 0 fully saturated rings. The Kier molecular flexibility index (Phi) is 2.51. The Morgan fingerprint density at radius 2 is 1.71 bits per heavy atom. The lowest BCUT2D eigenvalue weighted by atomic mass is 9.97. The highest BCUT2D eigenvalue weighted by atomic mass is 14.2. The SMILES string of the molecule is CC(C)Cc1ccc2c(c1)-c1ccccc1C2. The van der Waals surface area contributed by atoms with Crippen LogP contribution < -0.4 is 0 Å². The van der Waals surface area contributed by atoms with Gasteiger partial charge in [0.05, 0.1) is 0 Å². The second-order valence-corrected chi connectivity index (χ2v) is 5.42. The van der Waals surface area contributed by atoms with Crippen LogP contribution in [0.1, 0.15) is 30.5 Å². The summed E-state index contributed by atoms with van der Waals surface area (Å²) in [5, 5.41) is 0. The zero-order valence-electron chi connectivity index (χ0n) is 10.5. The molecule has 0 heterocycles. The molecule has 0 spiro atoms. The Labute approximate surface area is 103 Å². The van der Waals surface area contributed by atoms with Gasteiger partial charge in [-0.3, -0.25) is 0 Å². The van der Waals surface area contributed by atoms with Gasteiger partial charge in [0.15, 0.2) is 0 Å². The van der Waals surface area contributed by atoms with E-state index in [0.29, 0.717) is 0 Å². The average molecular weight is 222 g/mol. The molecule has 3 rings (SSSR count). The van der Waals surface area contributed by atoms with Gasteiger partial charge in [-0.05, 0) is 46.6 Å². The first-order valence-electron chi connectivity index (χ1n) is 6.44. The molecule has 2 aromatic rings. The van der Waals surface area contributed by atoms with Gasteiger partial charge in [-0.2, -0.15) is 0 Å². The van der Waals surface area contributed by atoms with Gasteiger partial charge in [0, 0.05) is 0 Å². The predicted molar refractivity (Wildman–Crippen MR) is 73.2 cm³/mol. The summed E-state index contributed by atoms with van der Waals surface area (Å²) in [5.41, 5.74) is 7.32. The highest BCUT2D eigenvalue weighted by Gasteiger charge is 2.17. The second kappa shape index (κ2) is 4.03. The lowest BCUT2D eigenvalue weighted by molar-refractivity contribution is 0.647. The Bertz CT molecular complexity index is 550. The monoisotopic (exact) mass is 222 g/mol. The van der Waals surface area contributed by atoms with Gasteiger partial charge < -0.3 is 0 Å². The summed E-state index contributed by atoms with van der Waals surface area (Å²) >= 11 is 0. The van der Waals surface area contributed by atoms with Crippen LogP contribution in [0.4, 0.5) is 0 Å². The quantitative estimate of drug-likeness (QED) is 0.600. The number of hydrogen-bond acceptors (Lipinski definition) is 0. The van der Waals surface area contributed by atoms with E-state index in [9.17, 15) is 0 Å². The fourth-order valence-corrected chi connectivity index (χ4v) is 2.77. The number of rotatable bonds is 2. The van der Waals surface area contributed by atoms with E-state index in [0.717, 1.165) is 12.3 Å². The summed E-state index contributed by atoms with van der Waals surface area (Å²) in [7, 11) is 0. The van der Waals surface area contributed by atoms with Crippen LogP contribution in [0.2, 0.25) is 0 Å². The van der Waals surface area contributed by atoms with Crippen molar-refractivity contribution in [1.82, 2.24) is 0 Å². The average Bonchev–Trinajstić information content (AvgIpc) is 2.66. The lowest BCUT2D eigenvalue weighted by Crippen LogP contribution is -1.94. The largest absolute Gasteiger partial charge is 0.0625 e. The molecule has 0 nitrogen and oxygen atoms in total. The minimum atomic E-state index is 0.727. The van der Waals surface area contributed by atoms with E-state index in [-0.39, 0.29) is 0 Å². The summed E-state index contributed by atoms with van der Waals surface area (Å²) in [6.45, 7) is 4.56. The van der Waals surface area contributed by atoms with Crippen LogP contribution in [-0.4, -0.2) is 0 Å². The first-order chi connectivity index (χ1) is 8.24. The predicted octanol–water partition coefficient (Wildman–Crippen LogP) is 4.46. The van der Waals surface area contributed by atoms with E-state index in [1.54, 1.807) is 0 Å². The molecule has 0 heteroatoms. The maximum absolute atomic E-state index is 2.39. The van der Waals surface area contributed by atoms with E-state index in [1.165, 1.54) is 34.2 Å². The van der Waals surface area contributed by atoms with Crippen molar-refractivity contribution in [3.8, 4) is 11.1 Å². The van der Waals surface area contributed by atoms with Gasteiger partial charge in [0.1, 0.15) is 0 Å². The molecular formula is C17H18. The summed E-state index contributed by atoms with van der Waals surface area (Å²) in [6, 6.07) is 15.8. The van der Waals surface area contributed by atoms with E-state index in [2.05, 4.69) is 56.3 Å². The van der Waals surface area contributed by atoms with E-state index >= 15 is 0 Å². The minimum Gasteiger partial charge on any atom is -0.0625 e. The lowest BCUT2D eigenvalue weighted by Gasteiger charge is -2.08. The third-order valence-corrected chi connectivity index (χ3v) is 3.51. The third kappa shape index (κ3) is 1.88. The van der Waals surface area contributed by atoms with Gasteiger partial charge in [-0.1, -0.05) is 56.3 Å². The van der Waals surface area contributed by atoms with E-state index in [4.69, 9.17) is 0 Å². The molecule has 0 aromatic heterocycles. The summed E-state index contributed by atoms with van der Waals surface area (Å²) in [5.74, 6) is 0.727. The van der Waals surface area contributed by atoms with Gasteiger partial charge in [-0.25, -0.2) is 0 Å². The Hall–Kier alpha value is -1.56. The van der Waals surface area contributed by atoms with Crippen LogP contribution in [-0.2, 0) is 12.8 Å². The van der Waals surface area contributed by atoms with Gasteiger partial charge >= 0.3 is 0 Å². The van der Waals surface area contributed by atoms with Crippen molar-refractivity contribution in [2.45, 2.75) is 26.7 Å². The van der Waals surface area contributed by atoms with Crippen LogP contribution in [0.15, 0.2) is 42.5 Å². The molecule has 0 aliphatic heterocycles. The molecule has 0 bridgehead atoms. The zero-order chi connectivity index (χ0) is 11.8. The smallest absolute Gasteiger partial charge is 0.00135 e. The molecule has 0 saturated carbocycles. The first-order valence-corrected chi connectivity index (χ1v) is 6.44. The van der Waals surface area contributed by atoms with Crippen LogP contribution in [0.25, 0.3) is 11.1 Å². The molecule has 0 unspecified atom stereocenters. The normalized spacial score (nSPS) is 12.6. The second-order valence-electron chi connectivity index (χ2n) is 5.42. The van der Waals surface area contributed by atoms with Crippen molar-refractivity contribution in [2.24, 2.45) is 5.92 Å². The van der Waals surface area contributed by atoms with Crippen LogP contribution in [0.3, 0.4) is 0 Å². The fourth-order valence-electron chi connectivity index (χ4n) is 2.77. The molecule has 0 saturated heterocycles. The van der Waals surface area contributed by atoms with Gasteiger partial charge in [0.25, 0.3) is 0 Å². The van der Waals surface area contributed by atoms with Crippen LogP contribution in [0, 0.1) is 5.92 Å². The fraction of sp³-hybridized carbons (Fsp3) is 0.294. The number of hydrogen-bond donors (Lipinski definition) is 0. The first kappa shape index (κ1) is 10.6. The van der Waals surface area contributed by atoms with Crippen molar-refractivity contribution >= 4 is 0 Å². The Morgan fingerprint density at radius 3 is 2.53 bits per heavy atom. The topological polar surface area (TPSA) is 0 Å². The highest BCUT2D eigenvalue weighted by molar-refractivity contribution is 5.77. The molecule has 1 aliphatic carbocycles.